The largest absolute Gasteiger partial charge is 0.494 e. The minimum atomic E-state index is 0. The van der Waals surface area contributed by atoms with Crippen LogP contribution in [0.5, 0.6) is 0 Å². The Morgan fingerprint density at radius 2 is 1.09 bits per heavy atom. The van der Waals surface area contributed by atoms with Gasteiger partial charge in [-0.15, -0.1) is 0 Å². The summed E-state index contributed by atoms with van der Waals surface area (Å²) in [5.41, 5.74) is 7.01. The maximum absolute atomic E-state index is 9.36. The summed E-state index contributed by atoms with van der Waals surface area (Å²) in [6.45, 7) is 3.70. The average molecular weight is 530 g/mol. The van der Waals surface area contributed by atoms with Crippen molar-refractivity contribution >= 4 is 5.71 Å². The van der Waals surface area contributed by atoms with Gasteiger partial charge in [0, 0.05) is 51.0 Å². The van der Waals surface area contributed by atoms with Gasteiger partial charge >= 0.3 is 0 Å². The molecule has 6 nitrogen and oxygen atoms in total. The third-order valence-electron chi connectivity index (χ3n) is 3.51. The van der Waals surface area contributed by atoms with Crippen LogP contribution in [0.1, 0.15) is 13.8 Å². The number of hydrogen-bond donors (Lipinski definition) is 5. The number of rotatable bonds is 3. The third-order valence-corrected chi connectivity index (χ3v) is 3.51. The molecule has 0 atom stereocenters. The summed E-state index contributed by atoms with van der Waals surface area (Å²) in [7, 11) is 0. The van der Waals surface area contributed by atoms with Crippen molar-refractivity contribution in [3.63, 3.8) is 0 Å². The monoisotopic (exact) mass is 530 g/mol. The van der Waals surface area contributed by atoms with Gasteiger partial charge in [0.25, 0.3) is 0 Å². The zero-order valence-electron chi connectivity index (χ0n) is 18.5. The van der Waals surface area contributed by atoms with E-state index in [9.17, 15) is 5.11 Å². The molecule has 0 bridgehead atoms. The molecule has 4 rings (SSSR count). The zero-order chi connectivity index (χ0) is 22.7. The molecule has 2 aromatic carbocycles. The molecule has 33 heavy (non-hydrogen) atoms. The quantitative estimate of drug-likeness (QED) is 0.0959. The second kappa shape index (κ2) is 20.9. The minimum absolute atomic E-state index is 0. The van der Waals surface area contributed by atoms with Crippen molar-refractivity contribution in [2.45, 2.75) is 13.8 Å². The normalized spacial score (nSPS) is 11.2. The van der Waals surface area contributed by atoms with Crippen LogP contribution in [0.15, 0.2) is 137 Å². The molecular weight excluding hydrogens is 500 g/mol. The number of hydrazine groups is 1. The van der Waals surface area contributed by atoms with Crippen LogP contribution in [-0.2, 0) is 34.1 Å². The van der Waals surface area contributed by atoms with E-state index in [-0.39, 0.29) is 45.9 Å². The predicted molar refractivity (Wildman–Crippen MR) is 129 cm³/mol. The first kappa shape index (κ1) is 32.2. The van der Waals surface area contributed by atoms with Crippen LogP contribution >= 0.6 is 0 Å². The molecule has 2 aromatic rings. The van der Waals surface area contributed by atoms with Crippen molar-refractivity contribution in [2.24, 2.45) is 10.9 Å². The fourth-order valence-corrected chi connectivity index (χ4v) is 2.02. The molecular formula is C25H30Fe2N4O2-2. The van der Waals surface area contributed by atoms with Gasteiger partial charge in [-0.05, 0) is 38.2 Å². The van der Waals surface area contributed by atoms with Crippen molar-refractivity contribution in [1.82, 2.24) is 10.9 Å². The first-order chi connectivity index (χ1) is 15.0. The number of nitrogens with two attached hydrogens (primary N) is 1. The molecule has 6 N–H and O–H groups in total. The zero-order valence-corrected chi connectivity index (χ0v) is 20.7. The number of allylic oxidation sites excluding steroid dienone is 10. The van der Waals surface area contributed by atoms with E-state index in [1.54, 1.807) is 12.2 Å². The first-order valence-corrected chi connectivity index (χ1v) is 9.67. The Kier molecular flexibility index (Phi) is 20.4. The smallest absolute Gasteiger partial charge is 0.212 e. The number of hydrogen-bond acceptors (Lipinski definition) is 6. The summed E-state index contributed by atoms with van der Waals surface area (Å²) in [5, 5.41) is 22.1. The summed E-state index contributed by atoms with van der Waals surface area (Å²) in [4.78, 5) is 0. The van der Waals surface area contributed by atoms with Crippen LogP contribution in [0, 0.1) is 0 Å². The molecule has 0 saturated heterocycles. The van der Waals surface area contributed by atoms with Crippen molar-refractivity contribution in [3.8, 4) is 0 Å². The standard InChI is InChI=1S/C9H12N2O.C6H8N2O.2C5H5.2Fe/c1-7(2)10-11-9(12)8-5-3-4-6-8;7-8-6(9)5-3-1-2-4-5;2*1-2-4-5-3-1;;/h3-6,11-12H,1-2H3;1-4,8-9H,7H2;2*1-5H;;/q;;2*-1;;. The number of nitrogens with one attached hydrogen (secondary N) is 2. The van der Waals surface area contributed by atoms with Gasteiger partial charge in [-0.3, -0.25) is 5.43 Å². The van der Waals surface area contributed by atoms with Gasteiger partial charge in [0.1, 0.15) is 0 Å². The van der Waals surface area contributed by atoms with E-state index in [2.05, 4.69) is 16.0 Å². The predicted octanol–water partition coefficient (Wildman–Crippen LogP) is 5.02. The summed E-state index contributed by atoms with van der Waals surface area (Å²) in [5.74, 6) is 5.01. The second-order valence-corrected chi connectivity index (χ2v) is 6.28. The molecule has 0 amide bonds. The van der Waals surface area contributed by atoms with E-state index in [1.807, 2.05) is 111 Å². The van der Waals surface area contributed by atoms with Crippen LogP contribution in [0.3, 0.4) is 0 Å². The molecule has 0 aromatic heterocycles. The van der Waals surface area contributed by atoms with Gasteiger partial charge in [-0.1, -0.05) is 24.3 Å². The molecule has 0 aliphatic heterocycles. The Hall–Kier alpha value is -2.99. The summed E-state index contributed by atoms with van der Waals surface area (Å²) in [6.07, 6.45) is 14.5. The van der Waals surface area contributed by atoms with E-state index >= 15 is 0 Å². The SMILES string of the molecule is CC(C)=NNC(O)=C1C=CC=C1.NNC(O)=C1C=CC=C1.[Fe].[Fe].c1cc[cH-]c1.c1cc[cH-]c1. The maximum Gasteiger partial charge on any atom is 0.212 e. The first-order valence-electron chi connectivity index (χ1n) is 9.67. The molecule has 0 radical (unpaired) electrons. The van der Waals surface area contributed by atoms with E-state index < -0.39 is 0 Å². The Morgan fingerprint density at radius 3 is 1.36 bits per heavy atom. The van der Waals surface area contributed by atoms with Crippen LogP contribution in [0.4, 0.5) is 0 Å². The van der Waals surface area contributed by atoms with Crippen LogP contribution in [-0.4, -0.2) is 15.9 Å². The molecule has 0 unspecified atom stereocenters. The molecule has 0 fully saturated rings. The van der Waals surface area contributed by atoms with Gasteiger partial charge in [-0.25, -0.2) is 35.5 Å². The van der Waals surface area contributed by atoms with Crippen molar-refractivity contribution < 1.29 is 44.4 Å². The molecule has 2 aliphatic carbocycles. The summed E-state index contributed by atoms with van der Waals surface area (Å²) < 4.78 is 0. The molecule has 8 heteroatoms. The molecule has 2 aliphatic rings. The fraction of sp³-hybridized carbons (Fsp3) is 0.0800. The van der Waals surface area contributed by atoms with Crippen molar-refractivity contribution in [2.75, 3.05) is 0 Å². The van der Waals surface area contributed by atoms with Gasteiger partial charge in [0.15, 0.2) is 0 Å². The van der Waals surface area contributed by atoms with Gasteiger partial charge in [0.2, 0.25) is 11.8 Å². The molecule has 180 valence electrons. The van der Waals surface area contributed by atoms with Gasteiger partial charge < -0.3 is 10.2 Å². The van der Waals surface area contributed by atoms with Crippen molar-refractivity contribution in [3.05, 3.63) is 132 Å². The average Bonchev–Trinajstić information content (AvgIpc) is 3.60. The summed E-state index contributed by atoms with van der Waals surface area (Å²) in [6, 6.07) is 20.0. The van der Waals surface area contributed by atoms with Crippen molar-refractivity contribution in [1.29, 1.82) is 0 Å². The number of nitrogens with zero attached hydrogens (tertiary/aromatic N) is 1. The third kappa shape index (κ3) is 16.3. The van der Waals surface area contributed by atoms with Gasteiger partial charge in [-0.2, -0.15) is 41.5 Å². The number of hydrazone groups is 1. The topological polar surface area (TPSA) is 103 Å². The minimum Gasteiger partial charge on any atom is -0.494 e. The Bertz CT molecular complexity index is 845. The summed E-state index contributed by atoms with van der Waals surface area (Å²) >= 11 is 0. The van der Waals surface area contributed by atoms with E-state index in [0.717, 1.165) is 11.3 Å². The Morgan fingerprint density at radius 1 is 0.727 bits per heavy atom. The van der Waals surface area contributed by atoms with E-state index in [0.29, 0.717) is 5.57 Å². The van der Waals surface area contributed by atoms with E-state index in [1.165, 1.54) is 0 Å². The Labute approximate surface area is 217 Å². The fourth-order valence-electron chi connectivity index (χ4n) is 2.02. The molecule has 0 spiro atoms. The van der Waals surface area contributed by atoms with Crippen LogP contribution in [0.25, 0.3) is 0 Å². The number of aliphatic hydroxyl groups is 2. The van der Waals surface area contributed by atoms with E-state index in [4.69, 9.17) is 10.9 Å². The Balaban J connectivity index is 0. The maximum atomic E-state index is 9.36. The molecule has 0 saturated carbocycles. The second-order valence-electron chi connectivity index (χ2n) is 6.28. The van der Waals surface area contributed by atoms with Crippen LogP contribution < -0.4 is 16.7 Å². The van der Waals surface area contributed by atoms with Crippen LogP contribution in [0.2, 0.25) is 0 Å². The van der Waals surface area contributed by atoms with Gasteiger partial charge in [0.05, 0.1) is 0 Å². The molecule has 0 heterocycles. The number of aliphatic hydroxyl groups excluding tert-OH is 2.